The number of carboxylic acids is 1. The number of rotatable bonds is 5. The second kappa shape index (κ2) is 5.81. The summed E-state index contributed by atoms with van der Waals surface area (Å²) in [5.41, 5.74) is 1.24. The van der Waals surface area contributed by atoms with Crippen molar-refractivity contribution in [2.24, 2.45) is 0 Å². The van der Waals surface area contributed by atoms with E-state index in [0.717, 1.165) is 17.9 Å². The lowest BCUT2D eigenvalue weighted by molar-refractivity contribution is -0.137. The third-order valence-electron chi connectivity index (χ3n) is 2.18. The Bertz CT molecular complexity index is 305. The van der Waals surface area contributed by atoms with Crippen molar-refractivity contribution in [2.75, 3.05) is 6.61 Å². The fourth-order valence-corrected chi connectivity index (χ4v) is 1.53. The molecule has 1 aliphatic rings. The number of aliphatic carboxylic acids is 1. The van der Waals surface area contributed by atoms with E-state index in [-0.39, 0.29) is 6.42 Å². The van der Waals surface area contributed by atoms with Crippen LogP contribution in [-0.2, 0) is 9.53 Å². The summed E-state index contributed by atoms with van der Waals surface area (Å²) < 4.78 is 5.42. The van der Waals surface area contributed by atoms with Gasteiger partial charge in [-0.05, 0) is 32.3 Å². The predicted molar refractivity (Wildman–Crippen MR) is 58.7 cm³/mol. The van der Waals surface area contributed by atoms with Gasteiger partial charge in [0, 0.05) is 6.42 Å². The maximum absolute atomic E-state index is 10.3. The largest absolute Gasteiger partial charge is 0.492 e. The molecular formula is C11H15ClO3. The molecule has 84 valence electrons. The first-order chi connectivity index (χ1) is 7.09. The highest BCUT2D eigenvalue weighted by atomic mass is 35.5. The predicted octanol–water partition coefficient (Wildman–Crippen LogP) is 3.06. The minimum absolute atomic E-state index is 0.133. The summed E-state index contributed by atoms with van der Waals surface area (Å²) in [7, 11) is 0. The molecule has 0 amide bonds. The molecule has 0 aromatic carbocycles. The number of hydrogen-bond donors (Lipinski definition) is 1. The Balaban J connectivity index is 2.34. The molecular weight excluding hydrogens is 216 g/mol. The lowest BCUT2D eigenvalue weighted by Crippen LogP contribution is -2.02. The lowest BCUT2D eigenvalue weighted by Gasteiger charge is -2.15. The Morgan fingerprint density at radius 1 is 1.60 bits per heavy atom. The molecule has 0 unspecified atom stereocenters. The van der Waals surface area contributed by atoms with Crippen molar-refractivity contribution in [2.45, 2.75) is 32.6 Å². The van der Waals surface area contributed by atoms with Gasteiger partial charge in [-0.15, -0.1) is 0 Å². The van der Waals surface area contributed by atoms with Crippen LogP contribution in [0, 0.1) is 0 Å². The van der Waals surface area contributed by atoms with Crippen molar-refractivity contribution in [3.05, 3.63) is 22.4 Å². The first kappa shape index (κ1) is 12.1. The van der Waals surface area contributed by atoms with Gasteiger partial charge in [-0.2, -0.15) is 0 Å². The van der Waals surface area contributed by atoms with Gasteiger partial charge < -0.3 is 9.84 Å². The average molecular weight is 231 g/mol. The van der Waals surface area contributed by atoms with Crippen LogP contribution in [-0.4, -0.2) is 17.7 Å². The van der Waals surface area contributed by atoms with Crippen LogP contribution in [0.4, 0.5) is 0 Å². The van der Waals surface area contributed by atoms with Gasteiger partial charge in [-0.1, -0.05) is 17.2 Å². The van der Waals surface area contributed by atoms with E-state index in [1.165, 1.54) is 5.57 Å². The van der Waals surface area contributed by atoms with Crippen molar-refractivity contribution in [1.29, 1.82) is 0 Å². The maximum atomic E-state index is 10.3. The Labute approximate surface area is 94.4 Å². The van der Waals surface area contributed by atoms with Crippen molar-refractivity contribution in [3.8, 4) is 0 Å². The monoisotopic (exact) mass is 230 g/mol. The molecule has 1 rings (SSSR count). The van der Waals surface area contributed by atoms with Crippen LogP contribution in [0.5, 0.6) is 0 Å². The molecule has 1 N–H and O–H groups in total. The molecule has 0 bridgehead atoms. The van der Waals surface area contributed by atoms with Crippen LogP contribution in [0.2, 0.25) is 0 Å². The fourth-order valence-electron chi connectivity index (χ4n) is 1.33. The summed E-state index contributed by atoms with van der Waals surface area (Å²) >= 11 is 5.98. The number of hydrogen-bond acceptors (Lipinski definition) is 2. The fraction of sp³-hybridized carbons (Fsp3) is 0.545. The summed E-state index contributed by atoms with van der Waals surface area (Å²) in [6, 6.07) is 0. The number of allylic oxidation sites excluding steroid dienone is 3. The standard InChI is InChI=1S/C11H15ClO3/c1-8-4-5-9(12)10(7-8)15-6-2-3-11(13)14/h7H,2-6H2,1H3,(H,13,14). The molecule has 0 aromatic rings. The second-order valence-corrected chi connectivity index (χ2v) is 4.06. The number of ether oxygens (including phenoxy) is 1. The van der Waals surface area contributed by atoms with E-state index >= 15 is 0 Å². The van der Waals surface area contributed by atoms with E-state index < -0.39 is 5.97 Å². The molecule has 0 saturated heterocycles. The van der Waals surface area contributed by atoms with Crippen LogP contribution >= 0.6 is 11.6 Å². The zero-order chi connectivity index (χ0) is 11.3. The van der Waals surface area contributed by atoms with E-state index in [2.05, 4.69) is 0 Å². The smallest absolute Gasteiger partial charge is 0.303 e. The van der Waals surface area contributed by atoms with Gasteiger partial charge in [0.25, 0.3) is 0 Å². The zero-order valence-corrected chi connectivity index (χ0v) is 9.51. The number of carbonyl (C=O) groups is 1. The topological polar surface area (TPSA) is 46.5 Å². The highest BCUT2D eigenvalue weighted by molar-refractivity contribution is 6.30. The lowest BCUT2D eigenvalue weighted by atomic mass is 10.1. The summed E-state index contributed by atoms with van der Waals surface area (Å²) in [6.07, 6.45) is 4.36. The first-order valence-electron chi connectivity index (χ1n) is 5.00. The van der Waals surface area contributed by atoms with Crippen LogP contribution in [0.15, 0.2) is 22.4 Å². The van der Waals surface area contributed by atoms with Gasteiger partial charge in [-0.25, -0.2) is 0 Å². The second-order valence-electron chi connectivity index (χ2n) is 3.61. The number of halogens is 1. The third-order valence-corrected chi connectivity index (χ3v) is 2.55. The SMILES string of the molecule is CC1=CC(OCCCC(=O)O)=C(Cl)CC1. The average Bonchev–Trinajstić information content (AvgIpc) is 2.17. The van der Waals surface area contributed by atoms with E-state index in [9.17, 15) is 4.79 Å². The Hall–Kier alpha value is -0.960. The van der Waals surface area contributed by atoms with Crippen LogP contribution < -0.4 is 0 Å². The third kappa shape index (κ3) is 4.38. The Kier molecular flexibility index (Phi) is 4.69. The van der Waals surface area contributed by atoms with Crippen molar-refractivity contribution in [1.82, 2.24) is 0 Å². The molecule has 4 heteroatoms. The molecule has 0 aliphatic heterocycles. The number of carboxylic acid groups (broad SMARTS) is 1. The van der Waals surface area contributed by atoms with Gasteiger partial charge in [0.1, 0.15) is 5.76 Å². The highest BCUT2D eigenvalue weighted by Crippen LogP contribution is 2.27. The van der Waals surface area contributed by atoms with Crippen molar-refractivity contribution in [3.63, 3.8) is 0 Å². The Morgan fingerprint density at radius 2 is 2.33 bits per heavy atom. The van der Waals surface area contributed by atoms with Crippen LogP contribution in [0.25, 0.3) is 0 Å². The van der Waals surface area contributed by atoms with Crippen molar-refractivity contribution < 1.29 is 14.6 Å². The summed E-state index contributed by atoms with van der Waals surface area (Å²) in [5.74, 6) is -0.0974. The van der Waals surface area contributed by atoms with E-state index in [4.69, 9.17) is 21.4 Å². The van der Waals surface area contributed by atoms with Crippen molar-refractivity contribution >= 4 is 17.6 Å². The molecule has 0 aromatic heterocycles. The molecule has 0 radical (unpaired) electrons. The highest BCUT2D eigenvalue weighted by Gasteiger charge is 2.10. The molecule has 0 saturated carbocycles. The molecule has 0 fully saturated rings. The van der Waals surface area contributed by atoms with E-state index in [1.54, 1.807) is 0 Å². The molecule has 1 aliphatic carbocycles. The molecule has 0 heterocycles. The summed E-state index contributed by atoms with van der Waals surface area (Å²) in [4.78, 5) is 10.3. The van der Waals surface area contributed by atoms with E-state index in [0.29, 0.717) is 18.8 Å². The quantitative estimate of drug-likeness (QED) is 0.739. The van der Waals surface area contributed by atoms with Crippen LogP contribution in [0.3, 0.4) is 0 Å². The first-order valence-corrected chi connectivity index (χ1v) is 5.38. The molecule has 0 atom stereocenters. The van der Waals surface area contributed by atoms with E-state index in [1.807, 2.05) is 13.0 Å². The molecule has 15 heavy (non-hydrogen) atoms. The van der Waals surface area contributed by atoms with Crippen LogP contribution in [0.1, 0.15) is 32.6 Å². The summed E-state index contributed by atoms with van der Waals surface area (Å²) in [5, 5.41) is 9.17. The van der Waals surface area contributed by atoms with Gasteiger partial charge in [0.2, 0.25) is 0 Å². The van der Waals surface area contributed by atoms with Gasteiger partial charge in [0.15, 0.2) is 0 Å². The minimum Gasteiger partial charge on any atom is -0.492 e. The maximum Gasteiger partial charge on any atom is 0.303 e. The van der Waals surface area contributed by atoms with Gasteiger partial charge in [-0.3, -0.25) is 4.79 Å². The molecule has 0 spiro atoms. The zero-order valence-electron chi connectivity index (χ0n) is 8.75. The normalized spacial score (nSPS) is 16.3. The van der Waals surface area contributed by atoms with Gasteiger partial charge >= 0.3 is 5.97 Å². The Morgan fingerprint density at radius 3 is 3.00 bits per heavy atom. The summed E-state index contributed by atoms with van der Waals surface area (Å²) in [6.45, 7) is 2.44. The van der Waals surface area contributed by atoms with Gasteiger partial charge in [0.05, 0.1) is 11.6 Å². The molecule has 3 nitrogen and oxygen atoms in total. The minimum atomic E-state index is -0.797.